The van der Waals surface area contributed by atoms with Crippen LogP contribution in [0.2, 0.25) is 0 Å². The Balaban J connectivity index is 1.99. The highest BCUT2D eigenvalue weighted by Gasteiger charge is 2.16. The average Bonchev–Trinajstić information content (AvgIpc) is 2.56. The Morgan fingerprint density at radius 1 is 0.955 bits per heavy atom. The van der Waals surface area contributed by atoms with Gasteiger partial charge < -0.3 is 19.5 Å². The third-order valence-electron chi connectivity index (χ3n) is 3.10. The summed E-state index contributed by atoms with van der Waals surface area (Å²) in [5, 5.41) is 2.79. The van der Waals surface area contributed by atoms with Crippen molar-refractivity contribution in [2.45, 2.75) is 13.0 Å². The minimum Gasteiger partial charge on any atom is -0.497 e. The number of hydrogen-bond donors (Lipinski definition) is 1. The zero-order valence-corrected chi connectivity index (χ0v) is 12.8. The second kappa shape index (κ2) is 7.36. The van der Waals surface area contributed by atoms with Crippen LogP contribution in [0.3, 0.4) is 0 Å². The number of methoxy groups -OCH3 is 2. The number of carbonyl (C=O) groups excluding carboxylic acids is 1. The highest BCUT2D eigenvalue weighted by Crippen LogP contribution is 2.27. The van der Waals surface area contributed by atoms with Crippen molar-refractivity contribution in [1.82, 2.24) is 0 Å². The molecule has 5 heteroatoms. The Hall–Kier alpha value is -2.69. The largest absolute Gasteiger partial charge is 0.497 e. The first-order chi connectivity index (χ1) is 10.6. The van der Waals surface area contributed by atoms with Crippen molar-refractivity contribution in [3.63, 3.8) is 0 Å². The van der Waals surface area contributed by atoms with Gasteiger partial charge in [-0.2, -0.15) is 0 Å². The molecule has 0 aliphatic heterocycles. The van der Waals surface area contributed by atoms with Gasteiger partial charge in [0.1, 0.15) is 5.75 Å². The number of anilines is 1. The Kier molecular flexibility index (Phi) is 5.25. The van der Waals surface area contributed by atoms with Gasteiger partial charge in [0.25, 0.3) is 5.91 Å². The zero-order chi connectivity index (χ0) is 15.9. The first kappa shape index (κ1) is 15.7. The highest BCUT2D eigenvalue weighted by atomic mass is 16.5. The van der Waals surface area contributed by atoms with E-state index < -0.39 is 6.10 Å². The van der Waals surface area contributed by atoms with E-state index in [0.717, 1.165) is 5.75 Å². The van der Waals surface area contributed by atoms with Crippen LogP contribution in [0, 0.1) is 0 Å². The highest BCUT2D eigenvalue weighted by molar-refractivity contribution is 5.94. The van der Waals surface area contributed by atoms with Crippen molar-refractivity contribution < 1.29 is 19.0 Å². The lowest BCUT2D eigenvalue weighted by molar-refractivity contribution is -0.122. The van der Waals surface area contributed by atoms with Gasteiger partial charge in [-0.15, -0.1) is 0 Å². The fraction of sp³-hybridized carbons (Fsp3) is 0.235. The van der Waals surface area contributed by atoms with E-state index in [1.54, 1.807) is 57.5 Å². The maximum Gasteiger partial charge on any atom is 0.265 e. The summed E-state index contributed by atoms with van der Waals surface area (Å²) in [5.74, 6) is 1.61. The summed E-state index contributed by atoms with van der Waals surface area (Å²) in [6.45, 7) is 1.69. The van der Waals surface area contributed by atoms with Crippen LogP contribution in [0.4, 0.5) is 5.69 Å². The van der Waals surface area contributed by atoms with Crippen molar-refractivity contribution in [3.8, 4) is 17.2 Å². The molecule has 1 atom stereocenters. The Morgan fingerprint density at radius 2 is 1.59 bits per heavy atom. The summed E-state index contributed by atoms with van der Waals surface area (Å²) in [4.78, 5) is 12.2. The molecule has 0 saturated carbocycles. The van der Waals surface area contributed by atoms with E-state index in [0.29, 0.717) is 17.2 Å². The number of carbonyl (C=O) groups is 1. The molecule has 0 radical (unpaired) electrons. The second-order valence-electron chi connectivity index (χ2n) is 4.63. The molecule has 1 N–H and O–H groups in total. The van der Waals surface area contributed by atoms with Crippen molar-refractivity contribution in [2.75, 3.05) is 19.5 Å². The number of benzene rings is 2. The first-order valence-corrected chi connectivity index (χ1v) is 6.88. The quantitative estimate of drug-likeness (QED) is 0.890. The maximum absolute atomic E-state index is 12.2. The molecule has 0 aliphatic rings. The molecule has 116 valence electrons. The molecular formula is C17H19NO4. The van der Waals surface area contributed by atoms with Crippen molar-refractivity contribution in [3.05, 3.63) is 48.5 Å². The lowest BCUT2D eigenvalue weighted by Gasteiger charge is -2.16. The molecule has 0 fully saturated rings. The summed E-state index contributed by atoms with van der Waals surface area (Å²) in [6.07, 6.45) is -0.654. The summed E-state index contributed by atoms with van der Waals surface area (Å²) in [6, 6.07) is 14.3. The van der Waals surface area contributed by atoms with Gasteiger partial charge in [-0.05, 0) is 43.3 Å². The fourth-order valence-electron chi connectivity index (χ4n) is 1.88. The molecule has 2 aromatic carbocycles. The monoisotopic (exact) mass is 301 g/mol. The van der Waals surface area contributed by atoms with Crippen LogP contribution in [0.1, 0.15) is 6.92 Å². The van der Waals surface area contributed by atoms with Gasteiger partial charge in [0.15, 0.2) is 17.6 Å². The third-order valence-corrected chi connectivity index (χ3v) is 3.10. The molecule has 0 bridgehead atoms. The lowest BCUT2D eigenvalue weighted by atomic mass is 10.2. The van der Waals surface area contributed by atoms with Crippen molar-refractivity contribution in [2.24, 2.45) is 0 Å². The standard InChI is InChI=1S/C17H19NO4/c1-12(22-16-7-5-4-6-15(16)21-3)17(19)18-13-8-10-14(20-2)11-9-13/h4-12H,1-3H3,(H,18,19). The van der Waals surface area contributed by atoms with E-state index in [2.05, 4.69) is 5.32 Å². The van der Waals surface area contributed by atoms with E-state index in [-0.39, 0.29) is 5.91 Å². The average molecular weight is 301 g/mol. The summed E-state index contributed by atoms with van der Waals surface area (Å²) < 4.78 is 15.9. The van der Waals surface area contributed by atoms with Crippen LogP contribution in [0.25, 0.3) is 0 Å². The Bertz CT molecular complexity index is 625. The van der Waals surface area contributed by atoms with Crippen molar-refractivity contribution >= 4 is 11.6 Å². The summed E-state index contributed by atoms with van der Waals surface area (Å²) in [5.41, 5.74) is 0.682. The van der Waals surface area contributed by atoms with Gasteiger partial charge in [0.2, 0.25) is 0 Å². The van der Waals surface area contributed by atoms with Crippen LogP contribution in [0.15, 0.2) is 48.5 Å². The molecule has 0 aromatic heterocycles. The Morgan fingerprint density at radius 3 is 2.18 bits per heavy atom. The molecule has 2 rings (SSSR count). The lowest BCUT2D eigenvalue weighted by Crippen LogP contribution is -2.30. The zero-order valence-electron chi connectivity index (χ0n) is 12.8. The predicted molar refractivity (Wildman–Crippen MR) is 84.7 cm³/mol. The Labute approximate surface area is 129 Å². The van der Waals surface area contributed by atoms with E-state index in [1.807, 2.05) is 12.1 Å². The number of rotatable bonds is 6. The molecule has 5 nitrogen and oxygen atoms in total. The van der Waals surface area contributed by atoms with Gasteiger partial charge in [-0.25, -0.2) is 0 Å². The minimum atomic E-state index is -0.654. The number of nitrogens with one attached hydrogen (secondary N) is 1. The van der Waals surface area contributed by atoms with Crippen LogP contribution >= 0.6 is 0 Å². The van der Waals surface area contributed by atoms with Crippen LogP contribution in [-0.2, 0) is 4.79 Å². The van der Waals surface area contributed by atoms with E-state index >= 15 is 0 Å². The molecule has 0 heterocycles. The molecule has 0 spiro atoms. The molecular weight excluding hydrogens is 282 g/mol. The van der Waals surface area contributed by atoms with E-state index in [9.17, 15) is 4.79 Å². The molecule has 2 aromatic rings. The smallest absolute Gasteiger partial charge is 0.265 e. The van der Waals surface area contributed by atoms with Crippen LogP contribution in [-0.4, -0.2) is 26.2 Å². The molecule has 1 amide bonds. The van der Waals surface area contributed by atoms with Crippen LogP contribution < -0.4 is 19.5 Å². The summed E-state index contributed by atoms with van der Waals surface area (Å²) >= 11 is 0. The van der Waals surface area contributed by atoms with Gasteiger partial charge in [0, 0.05) is 5.69 Å². The van der Waals surface area contributed by atoms with Gasteiger partial charge >= 0.3 is 0 Å². The number of ether oxygens (including phenoxy) is 3. The van der Waals surface area contributed by atoms with E-state index in [4.69, 9.17) is 14.2 Å². The topological polar surface area (TPSA) is 56.8 Å². The number of amides is 1. The normalized spacial score (nSPS) is 11.4. The third kappa shape index (κ3) is 3.91. The number of para-hydroxylation sites is 2. The van der Waals surface area contributed by atoms with Crippen molar-refractivity contribution in [1.29, 1.82) is 0 Å². The fourth-order valence-corrected chi connectivity index (χ4v) is 1.88. The number of hydrogen-bond acceptors (Lipinski definition) is 4. The van der Waals surface area contributed by atoms with Gasteiger partial charge in [0.05, 0.1) is 14.2 Å². The minimum absolute atomic E-state index is 0.240. The molecule has 0 aliphatic carbocycles. The molecule has 22 heavy (non-hydrogen) atoms. The van der Waals surface area contributed by atoms with Gasteiger partial charge in [-0.3, -0.25) is 4.79 Å². The van der Waals surface area contributed by atoms with Crippen LogP contribution in [0.5, 0.6) is 17.2 Å². The van der Waals surface area contributed by atoms with E-state index in [1.165, 1.54) is 0 Å². The first-order valence-electron chi connectivity index (χ1n) is 6.88. The summed E-state index contributed by atoms with van der Waals surface area (Å²) in [7, 11) is 3.15. The SMILES string of the molecule is COc1ccc(NC(=O)C(C)Oc2ccccc2OC)cc1. The molecule has 1 unspecified atom stereocenters. The maximum atomic E-state index is 12.2. The molecule has 0 saturated heterocycles. The predicted octanol–water partition coefficient (Wildman–Crippen LogP) is 3.11. The van der Waals surface area contributed by atoms with Gasteiger partial charge in [-0.1, -0.05) is 12.1 Å². The second-order valence-corrected chi connectivity index (χ2v) is 4.63.